The topological polar surface area (TPSA) is 73.6 Å². The van der Waals surface area contributed by atoms with Crippen LogP contribution in [0.25, 0.3) is 0 Å². The van der Waals surface area contributed by atoms with Crippen LogP contribution >= 0.6 is 0 Å². The minimum atomic E-state index is -0.475. The molecule has 0 fully saturated rings. The molecular weight excluding hydrogens is 248 g/mol. The third kappa shape index (κ3) is 4.29. The van der Waals surface area contributed by atoms with Gasteiger partial charge in [0, 0.05) is 6.54 Å². The first-order chi connectivity index (χ1) is 8.69. The highest BCUT2D eigenvalue weighted by Gasteiger charge is 2.09. The standard InChI is InChI=1S/C12H18N2O3Si/c1-16-9-5-3-6-10(11(9)17-2)18-8-4-7-14-12(13)15/h3,5-6H,4,7-8H2,1-2H3,(H3,13,14,15). The zero-order valence-corrected chi connectivity index (χ0v) is 11.7. The minimum Gasteiger partial charge on any atom is -0.493 e. The lowest BCUT2D eigenvalue weighted by atomic mass is 10.3. The van der Waals surface area contributed by atoms with Crippen molar-refractivity contribution in [1.29, 1.82) is 0 Å². The lowest BCUT2D eigenvalue weighted by Crippen LogP contribution is -2.30. The summed E-state index contributed by atoms with van der Waals surface area (Å²) in [6.45, 7) is 0.606. The Morgan fingerprint density at radius 1 is 1.39 bits per heavy atom. The van der Waals surface area contributed by atoms with E-state index in [9.17, 15) is 4.79 Å². The molecule has 6 heteroatoms. The fourth-order valence-electron chi connectivity index (χ4n) is 1.55. The molecule has 1 rings (SSSR count). The van der Waals surface area contributed by atoms with Crippen molar-refractivity contribution >= 4 is 20.7 Å². The van der Waals surface area contributed by atoms with E-state index >= 15 is 0 Å². The average Bonchev–Trinajstić information content (AvgIpc) is 2.37. The van der Waals surface area contributed by atoms with Crippen LogP contribution in [-0.2, 0) is 0 Å². The SMILES string of the molecule is COc1cccc([Si]CCCNC(N)=O)c1OC. The molecule has 2 radical (unpaired) electrons. The molecule has 18 heavy (non-hydrogen) atoms. The second kappa shape index (κ2) is 7.60. The van der Waals surface area contributed by atoms with Crippen LogP contribution in [0.4, 0.5) is 4.79 Å². The van der Waals surface area contributed by atoms with Crippen molar-refractivity contribution in [1.82, 2.24) is 5.32 Å². The summed E-state index contributed by atoms with van der Waals surface area (Å²) < 4.78 is 10.6. The smallest absolute Gasteiger partial charge is 0.312 e. The number of nitrogens with one attached hydrogen (secondary N) is 1. The van der Waals surface area contributed by atoms with Crippen LogP contribution in [0.15, 0.2) is 18.2 Å². The van der Waals surface area contributed by atoms with E-state index in [4.69, 9.17) is 15.2 Å². The fourth-order valence-corrected chi connectivity index (χ4v) is 2.77. The summed E-state index contributed by atoms with van der Waals surface area (Å²) in [7, 11) is 3.88. The van der Waals surface area contributed by atoms with Crippen LogP contribution in [-0.4, -0.2) is 36.3 Å². The van der Waals surface area contributed by atoms with Gasteiger partial charge in [-0.15, -0.1) is 0 Å². The Kier molecular flexibility index (Phi) is 6.06. The van der Waals surface area contributed by atoms with E-state index in [-0.39, 0.29) is 0 Å². The maximum absolute atomic E-state index is 10.5. The number of carbonyl (C=O) groups excluding carboxylic acids is 1. The summed E-state index contributed by atoms with van der Waals surface area (Å²) in [6, 6.07) is 6.36. The molecule has 1 aromatic rings. The minimum absolute atomic E-state index is 0.475. The number of rotatable bonds is 7. The van der Waals surface area contributed by atoms with Gasteiger partial charge in [-0.05, 0) is 17.7 Å². The van der Waals surface area contributed by atoms with Gasteiger partial charge >= 0.3 is 6.03 Å². The van der Waals surface area contributed by atoms with Gasteiger partial charge in [0.25, 0.3) is 0 Å². The van der Waals surface area contributed by atoms with Crippen molar-refractivity contribution in [3.63, 3.8) is 0 Å². The molecule has 0 bridgehead atoms. The van der Waals surface area contributed by atoms with E-state index < -0.39 is 6.03 Å². The summed E-state index contributed by atoms with van der Waals surface area (Å²) in [5.74, 6) is 1.54. The van der Waals surface area contributed by atoms with Gasteiger partial charge in [-0.1, -0.05) is 18.2 Å². The van der Waals surface area contributed by atoms with Gasteiger partial charge in [-0.2, -0.15) is 0 Å². The summed E-state index contributed by atoms with van der Waals surface area (Å²) >= 11 is 0. The van der Waals surface area contributed by atoms with Crippen molar-refractivity contribution in [2.45, 2.75) is 12.5 Å². The lowest BCUT2D eigenvalue weighted by Gasteiger charge is -2.11. The zero-order valence-electron chi connectivity index (χ0n) is 10.7. The Morgan fingerprint density at radius 3 is 2.78 bits per heavy atom. The predicted octanol–water partition coefficient (Wildman–Crippen LogP) is 0.510. The van der Waals surface area contributed by atoms with E-state index in [1.165, 1.54) is 0 Å². The summed E-state index contributed by atoms with van der Waals surface area (Å²) in [4.78, 5) is 10.5. The van der Waals surface area contributed by atoms with Crippen molar-refractivity contribution in [3.8, 4) is 11.5 Å². The molecule has 0 unspecified atom stereocenters. The molecule has 0 aliphatic rings. The van der Waals surface area contributed by atoms with Gasteiger partial charge < -0.3 is 20.5 Å². The maximum Gasteiger partial charge on any atom is 0.312 e. The van der Waals surface area contributed by atoms with Crippen LogP contribution in [0.2, 0.25) is 6.04 Å². The van der Waals surface area contributed by atoms with Crippen LogP contribution < -0.4 is 25.7 Å². The van der Waals surface area contributed by atoms with Gasteiger partial charge in [-0.3, -0.25) is 0 Å². The zero-order chi connectivity index (χ0) is 13.4. The van der Waals surface area contributed by atoms with Crippen molar-refractivity contribution < 1.29 is 14.3 Å². The maximum atomic E-state index is 10.5. The highest BCUT2D eigenvalue weighted by molar-refractivity contribution is 6.54. The Morgan fingerprint density at radius 2 is 2.17 bits per heavy atom. The van der Waals surface area contributed by atoms with Crippen LogP contribution in [0.1, 0.15) is 6.42 Å². The number of primary amides is 1. The summed E-state index contributed by atoms with van der Waals surface area (Å²) in [6.07, 6.45) is 0.891. The number of nitrogens with two attached hydrogens (primary N) is 1. The molecule has 0 spiro atoms. The van der Waals surface area contributed by atoms with Gasteiger partial charge in [0.2, 0.25) is 0 Å². The summed E-state index contributed by atoms with van der Waals surface area (Å²) in [5.41, 5.74) is 4.99. The van der Waals surface area contributed by atoms with Crippen molar-refractivity contribution in [2.24, 2.45) is 5.73 Å². The van der Waals surface area contributed by atoms with Crippen LogP contribution in [0, 0.1) is 0 Å². The van der Waals surface area contributed by atoms with Crippen molar-refractivity contribution in [3.05, 3.63) is 18.2 Å². The molecule has 3 N–H and O–H groups in total. The average molecular weight is 266 g/mol. The van der Waals surface area contributed by atoms with Gasteiger partial charge in [0.05, 0.1) is 23.7 Å². The van der Waals surface area contributed by atoms with E-state index in [0.717, 1.165) is 29.2 Å². The number of carbonyl (C=O) groups is 1. The molecule has 0 aromatic heterocycles. The monoisotopic (exact) mass is 266 g/mol. The first kappa shape index (κ1) is 14.4. The highest BCUT2D eigenvalue weighted by atomic mass is 28.2. The first-order valence-electron chi connectivity index (χ1n) is 5.67. The predicted molar refractivity (Wildman–Crippen MR) is 71.9 cm³/mol. The molecule has 0 heterocycles. The third-order valence-corrected chi connectivity index (χ3v) is 3.75. The molecule has 0 saturated heterocycles. The number of hydrogen-bond donors (Lipinski definition) is 2. The van der Waals surface area contributed by atoms with E-state index in [0.29, 0.717) is 16.1 Å². The van der Waals surface area contributed by atoms with Gasteiger partial charge in [0.1, 0.15) is 0 Å². The number of hydrogen-bond acceptors (Lipinski definition) is 3. The Hall–Kier alpha value is -1.69. The Labute approximate surface area is 109 Å². The Balaban J connectivity index is 2.49. The van der Waals surface area contributed by atoms with Crippen molar-refractivity contribution in [2.75, 3.05) is 20.8 Å². The lowest BCUT2D eigenvalue weighted by molar-refractivity contribution is 0.249. The van der Waals surface area contributed by atoms with Gasteiger partial charge in [0.15, 0.2) is 11.5 Å². The second-order valence-electron chi connectivity index (χ2n) is 3.61. The number of methoxy groups -OCH3 is 2. The molecule has 1 aromatic carbocycles. The van der Waals surface area contributed by atoms with E-state index in [1.54, 1.807) is 14.2 Å². The third-order valence-electron chi connectivity index (χ3n) is 2.37. The normalized spacial score (nSPS) is 9.89. The van der Waals surface area contributed by atoms with Gasteiger partial charge in [-0.25, -0.2) is 4.79 Å². The van der Waals surface area contributed by atoms with Crippen LogP contribution in [0.5, 0.6) is 11.5 Å². The Bertz CT molecular complexity index is 399. The first-order valence-corrected chi connectivity index (χ1v) is 6.88. The summed E-state index contributed by atoms with van der Waals surface area (Å²) in [5, 5.41) is 3.71. The largest absolute Gasteiger partial charge is 0.493 e. The molecule has 98 valence electrons. The number of ether oxygens (including phenoxy) is 2. The molecule has 5 nitrogen and oxygen atoms in total. The molecule has 0 saturated carbocycles. The highest BCUT2D eigenvalue weighted by Crippen LogP contribution is 2.23. The molecule has 2 amide bonds. The van der Waals surface area contributed by atoms with E-state index in [2.05, 4.69) is 5.32 Å². The number of para-hydroxylation sites is 1. The second-order valence-corrected chi connectivity index (χ2v) is 5.00. The number of amides is 2. The number of benzene rings is 1. The molecule has 0 aliphatic heterocycles. The van der Waals surface area contributed by atoms with Crippen LogP contribution in [0.3, 0.4) is 0 Å². The fraction of sp³-hybridized carbons (Fsp3) is 0.417. The molecule has 0 atom stereocenters. The number of urea groups is 1. The molecular formula is C12H18N2O3Si. The molecule has 0 aliphatic carbocycles. The van der Waals surface area contributed by atoms with E-state index in [1.807, 2.05) is 18.2 Å². The quantitative estimate of drug-likeness (QED) is 0.558.